The number of rotatable bonds is 2. The van der Waals surface area contributed by atoms with Crippen LogP contribution in [0.15, 0.2) is 30.3 Å². The molecule has 1 rings (SSSR count). The quantitative estimate of drug-likeness (QED) is 0.490. The Morgan fingerprint density at radius 3 is 2.31 bits per heavy atom. The molecular weight excluding hydrogens is 234 g/mol. The van der Waals surface area contributed by atoms with Gasteiger partial charge in [0.15, 0.2) is 5.78 Å². The molecule has 0 aromatic heterocycles. The lowest BCUT2D eigenvalue weighted by molar-refractivity contribution is 0.102. The van der Waals surface area contributed by atoms with Gasteiger partial charge in [0.25, 0.3) is 6.26 Å². The standard InChI is InChI=1S/C8H7BrO.CHNO/c9-6-8(10)7-4-2-1-3-5-7;2-1-3/h1-5H,6H2;3H. The number of carbonyl (C=O) groups is 1. The molecule has 0 bridgehead atoms. The van der Waals surface area contributed by atoms with Crippen LogP contribution in [-0.2, 0) is 0 Å². The van der Waals surface area contributed by atoms with Crippen molar-refractivity contribution in [3.8, 4) is 6.26 Å². The van der Waals surface area contributed by atoms with Gasteiger partial charge in [-0.1, -0.05) is 46.3 Å². The lowest BCUT2D eigenvalue weighted by atomic mass is 10.2. The molecule has 1 aromatic carbocycles. The van der Waals surface area contributed by atoms with E-state index in [-0.39, 0.29) is 5.78 Å². The number of halogens is 1. The molecule has 0 unspecified atom stereocenters. The van der Waals surface area contributed by atoms with Gasteiger partial charge in [0, 0.05) is 5.56 Å². The van der Waals surface area contributed by atoms with E-state index in [9.17, 15) is 4.79 Å². The van der Waals surface area contributed by atoms with Crippen molar-refractivity contribution in [2.45, 2.75) is 0 Å². The number of alkyl halides is 1. The summed E-state index contributed by atoms with van der Waals surface area (Å²) in [5.41, 5.74) is 0.763. The zero-order chi connectivity index (χ0) is 10.1. The highest BCUT2D eigenvalue weighted by atomic mass is 79.9. The van der Waals surface area contributed by atoms with Gasteiger partial charge in [0.05, 0.1) is 5.33 Å². The number of carbonyl (C=O) groups excluding carboxylic acids is 1. The van der Waals surface area contributed by atoms with Crippen molar-refractivity contribution in [2.24, 2.45) is 0 Å². The summed E-state index contributed by atoms with van der Waals surface area (Å²) in [5, 5.41) is 14.1. The van der Waals surface area contributed by atoms with Crippen molar-refractivity contribution in [2.75, 3.05) is 5.33 Å². The predicted octanol–water partition coefficient (Wildman–Crippen LogP) is 2.10. The maximum Gasteiger partial charge on any atom is 0.283 e. The van der Waals surface area contributed by atoms with Gasteiger partial charge in [-0.2, -0.15) is 5.26 Å². The fraction of sp³-hybridized carbons (Fsp3) is 0.111. The molecule has 0 radical (unpaired) electrons. The van der Waals surface area contributed by atoms with E-state index >= 15 is 0 Å². The highest BCUT2D eigenvalue weighted by Crippen LogP contribution is 2.01. The second-order valence-corrected chi connectivity index (χ2v) is 2.58. The number of aliphatic hydroxyl groups is 1. The third-order valence-electron chi connectivity index (χ3n) is 1.22. The van der Waals surface area contributed by atoms with Crippen LogP contribution in [-0.4, -0.2) is 16.2 Å². The van der Waals surface area contributed by atoms with Crippen molar-refractivity contribution >= 4 is 21.7 Å². The average Bonchev–Trinajstić information content (AvgIpc) is 2.19. The molecule has 1 N–H and O–H groups in total. The Labute approximate surface area is 84.7 Å². The van der Waals surface area contributed by atoms with Crippen LogP contribution < -0.4 is 0 Å². The summed E-state index contributed by atoms with van der Waals surface area (Å²) >= 11 is 3.10. The fourth-order valence-corrected chi connectivity index (χ4v) is 1.02. The lowest BCUT2D eigenvalue weighted by Crippen LogP contribution is -1.98. The zero-order valence-electron chi connectivity index (χ0n) is 6.77. The van der Waals surface area contributed by atoms with Crippen LogP contribution >= 0.6 is 15.9 Å². The number of nitrogens with zero attached hydrogens (tertiary/aromatic N) is 1. The highest BCUT2D eigenvalue weighted by Gasteiger charge is 1.99. The molecule has 3 nitrogen and oxygen atoms in total. The Balaban J connectivity index is 0.000000424. The van der Waals surface area contributed by atoms with Crippen LogP contribution in [0.1, 0.15) is 10.4 Å². The summed E-state index contributed by atoms with van der Waals surface area (Å²) in [4.78, 5) is 11.0. The molecule has 13 heavy (non-hydrogen) atoms. The molecule has 0 atom stereocenters. The zero-order valence-corrected chi connectivity index (χ0v) is 8.36. The van der Waals surface area contributed by atoms with E-state index in [1.807, 2.05) is 30.3 Å². The number of Topliss-reactive ketones (excluding diaryl/α,β-unsaturated/α-hetero) is 1. The van der Waals surface area contributed by atoms with Crippen LogP contribution in [0.4, 0.5) is 0 Å². The summed E-state index contributed by atoms with van der Waals surface area (Å²) in [6.07, 6.45) is 0.750. The van der Waals surface area contributed by atoms with Crippen LogP contribution in [0.3, 0.4) is 0 Å². The normalized spacial score (nSPS) is 7.69. The smallest absolute Gasteiger partial charge is 0.283 e. The topological polar surface area (TPSA) is 61.1 Å². The van der Waals surface area contributed by atoms with Gasteiger partial charge in [0.2, 0.25) is 0 Å². The van der Waals surface area contributed by atoms with Crippen LogP contribution in [0.5, 0.6) is 0 Å². The van der Waals surface area contributed by atoms with Gasteiger partial charge < -0.3 is 5.11 Å². The predicted molar refractivity (Wildman–Crippen MR) is 52.1 cm³/mol. The first-order valence-corrected chi connectivity index (χ1v) is 4.55. The number of aliphatic hydroxyl groups excluding tert-OH is 1. The second-order valence-electron chi connectivity index (χ2n) is 2.02. The number of hydrogen-bond donors (Lipinski definition) is 1. The summed E-state index contributed by atoms with van der Waals surface area (Å²) in [7, 11) is 0. The average molecular weight is 242 g/mol. The third-order valence-corrected chi connectivity index (χ3v) is 1.73. The Kier molecular flexibility index (Phi) is 6.56. The monoisotopic (exact) mass is 241 g/mol. The first-order chi connectivity index (χ1) is 6.26. The molecule has 0 amide bonds. The van der Waals surface area contributed by atoms with Crippen LogP contribution in [0.2, 0.25) is 0 Å². The van der Waals surface area contributed by atoms with Gasteiger partial charge >= 0.3 is 0 Å². The summed E-state index contributed by atoms with van der Waals surface area (Å²) in [6.45, 7) is 0. The Hall–Kier alpha value is -1.34. The molecule has 1 aromatic rings. The maximum atomic E-state index is 11.0. The summed E-state index contributed by atoms with van der Waals surface area (Å²) in [5.74, 6) is 0.126. The molecule has 0 saturated heterocycles. The summed E-state index contributed by atoms with van der Waals surface area (Å²) < 4.78 is 0. The molecule has 0 heterocycles. The minimum absolute atomic E-state index is 0.126. The highest BCUT2D eigenvalue weighted by molar-refractivity contribution is 9.09. The molecule has 0 fully saturated rings. The van der Waals surface area contributed by atoms with Gasteiger partial charge in [-0.25, -0.2) is 0 Å². The number of benzene rings is 1. The fourth-order valence-electron chi connectivity index (χ4n) is 0.701. The molecule has 0 aliphatic rings. The number of nitriles is 1. The number of ketones is 1. The summed E-state index contributed by atoms with van der Waals surface area (Å²) in [6, 6.07) is 9.23. The van der Waals surface area contributed by atoms with Crippen molar-refractivity contribution in [1.29, 1.82) is 5.26 Å². The Morgan fingerprint density at radius 2 is 1.92 bits per heavy atom. The van der Waals surface area contributed by atoms with E-state index in [4.69, 9.17) is 10.4 Å². The SMILES string of the molecule is N#CO.O=C(CBr)c1ccccc1. The minimum Gasteiger partial charge on any atom is -0.443 e. The van der Waals surface area contributed by atoms with Crippen molar-refractivity contribution in [3.05, 3.63) is 35.9 Å². The molecule has 0 spiro atoms. The van der Waals surface area contributed by atoms with E-state index in [1.165, 1.54) is 0 Å². The first kappa shape index (κ1) is 11.7. The van der Waals surface area contributed by atoms with Crippen molar-refractivity contribution in [1.82, 2.24) is 0 Å². The number of hydrogen-bond acceptors (Lipinski definition) is 3. The van der Waals surface area contributed by atoms with Crippen molar-refractivity contribution < 1.29 is 9.90 Å². The largest absolute Gasteiger partial charge is 0.443 e. The van der Waals surface area contributed by atoms with Crippen molar-refractivity contribution in [3.63, 3.8) is 0 Å². The molecular formula is C9H8BrNO2. The first-order valence-electron chi connectivity index (χ1n) is 3.43. The third kappa shape index (κ3) is 4.99. The molecule has 68 valence electrons. The molecule has 0 saturated carbocycles. The van der Waals surface area contributed by atoms with E-state index in [1.54, 1.807) is 0 Å². The lowest BCUT2D eigenvalue weighted by Gasteiger charge is -1.92. The van der Waals surface area contributed by atoms with Gasteiger partial charge in [-0.3, -0.25) is 4.79 Å². The maximum absolute atomic E-state index is 11.0. The molecule has 0 aliphatic carbocycles. The van der Waals surface area contributed by atoms with Gasteiger partial charge in [0.1, 0.15) is 0 Å². The van der Waals surface area contributed by atoms with Crippen LogP contribution in [0.25, 0.3) is 0 Å². The van der Waals surface area contributed by atoms with E-state index in [0.717, 1.165) is 11.8 Å². The Morgan fingerprint density at radius 1 is 1.46 bits per heavy atom. The van der Waals surface area contributed by atoms with E-state index in [2.05, 4.69) is 15.9 Å². The van der Waals surface area contributed by atoms with Crippen LogP contribution in [0, 0.1) is 11.5 Å². The van der Waals surface area contributed by atoms with E-state index < -0.39 is 0 Å². The van der Waals surface area contributed by atoms with Gasteiger partial charge in [-0.05, 0) is 0 Å². The molecule has 4 heteroatoms. The second kappa shape index (κ2) is 7.32. The van der Waals surface area contributed by atoms with E-state index in [0.29, 0.717) is 5.33 Å². The minimum atomic E-state index is 0.126. The van der Waals surface area contributed by atoms with Gasteiger partial charge in [-0.15, -0.1) is 0 Å². The Bertz CT molecular complexity index is 292. The molecule has 0 aliphatic heterocycles.